The lowest BCUT2D eigenvalue weighted by atomic mass is 10.00. The number of hydrogen-bond acceptors (Lipinski definition) is 7. The molecule has 4 heterocycles. The van der Waals surface area contributed by atoms with E-state index in [2.05, 4.69) is 20.3 Å². The lowest BCUT2D eigenvalue weighted by Gasteiger charge is -2.38. The molecule has 3 aromatic heterocycles. The van der Waals surface area contributed by atoms with Crippen molar-refractivity contribution in [3.63, 3.8) is 0 Å². The van der Waals surface area contributed by atoms with Gasteiger partial charge in [0.25, 0.3) is 5.91 Å². The fourth-order valence-electron chi connectivity index (χ4n) is 3.05. The van der Waals surface area contributed by atoms with Crippen molar-refractivity contribution in [3.05, 3.63) is 47.0 Å². The van der Waals surface area contributed by atoms with Crippen molar-refractivity contribution in [2.45, 2.75) is 26.8 Å². The Bertz CT molecular complexity index is 988. The number of pyridine rings is 1. The van der Waals surface area contributed by atoms with Gasteiger partial charge in [-0.25, -0.2) is 14.4 Å². The number of fused-ring (bicyclic) bond motifs is 1. The summed E-state index contributed by atoms with van der Waals surface area (Å²) >= 11 is 1.44. The number of carbonyl (C=O) groups excluding carboxylic acids is 1. The Balaban J connectivity index is 0.00000117. The Morgan fingerprint density at radius 2 is 2.14 bits per heavy atom. The average Bonchev–Trinajstić information content (AvgIpc) is 3.16. The van der Waals surface area contributed by atoms with E-state index in [9.17, 15) is 9.18 Å². The fraction of sp³-hybridized carbons (Fsp3) is 0.400. The topological polar surface area (TPSA) is 97.0 Å². The van der Waals surface area contributed by atoms with Gasteiger partial charge in [0.1, 0.15) is 5.82 Å². The first kappa shape index (κ1) is 21.1. The number of anilines is 1. The number of likely N-dealkylation sites (tertiary alicyclic amines) is 1. The molecule has 154 valence electrons. The molecular weight excluding hydrogens is 391 g/mol. The zero-order valence-corrected chi connectivity index (χ0v) is 17.5. The second-order valence-electron chi connectivity index (χ2n) is 6.65. The summed E-state index contributed by atoms with van der Waals surface area (Å²) in [6.07, 6.45) is 2.74. The van der Waals surface area contributed by atoms with Crippen molar-refractivity contribution in [3.8, 4) is 0 Å². The molecule has 1 unspecified atom stereocenters. The Morgan fingerprint density at radius 1 is 1.38 bits per heavy atom. The van der Waals surface area contributed by atoms with Gasteiger partial charge in [-0.05, 0) is 36.5 Å². The lowest BCUT2D eigenvalue weighted by Crippen LogP contribution is -2.52. The summed E-state index contributed by atoms with van der Waals surface area (Å²) < 4.78 is 14.2. The molecule has 1 aliphatic heterocycles. The second-order valence-corrected chi connectivity index (χ2v) is 7.56. The van der Waals surface area contributed by atoms with Gasteiger partial charge in [0.05, 0.1) is 22.5 Å². The smallest absolute Gasteiger partial charge is 0.274 e. The first-order valence-corrected chi connectivity index (χ1v) is 10.5. The van der Waals surface area contributed by atoms with Crippen molar-refractivity contribution in [2.24, 2.45) is 11.7 Å². The molecule has 0 radical (unpaired) electrons. The normalized spacial score (nSPS) is 14.7. The molecule has 0 aliphatic carbocycles. The zero-order chi connectivity index (χ0) is 21.0. The maximum absolute atomic E-state index is 13.4. The number of rotatable bonds is 5. The molecule has 0 bridgehead atoms. The van der Waals surface area contributed by atoms with Gasteiger partial charge < -0.3 is 16.0 Å². The Kier molecular flexibility index (Phi) is 6.71. The number of nitrogens with two attached hydrogens (primary N) is 1. The molecule has 7 nitrogen and oxygen atoms in total. The van der Waals surface area contributed by atoms with E-state index in [4.69, 9.17) is 5.73 Å². The predicted octanol–water partition coefficient (Wildman–Crippen LogP) is 3.46. The highest BCUT2D eigenvalue weighted by atomic mass is 32.1. The molecule has 1 fully saturated rings. The van der Waals surface area contributed by atoms with Crippen LogP contribution in [0.25, 0.3) is 10.2 Å². The van der Waals surface area contributed by atoms with Crippen LogP contribution in [0.2, 0.25) is 0 Å². The van der Waals surface area contributed by atoms with E-state index >= 15 is 0 Å². The van der Waals surface area contributed by atoms with Crippen molar-refractivity contribution in [1.29, 1.82) is 0 Å². The van der Waals surface area contributed by atoms with Crippen LogP contribution in [-0.4, -0.2) is 45.4 Å². The molecule has 1 aliphatic rings. The third-order valence-electron chi connectivity index (χ3n) is 4.66. The Morgan fingerprint density at radius 3 is 2.83 bits per heavy atom. The van der Waals surface area contributed by atoms with Gasteiger partial charge in [-0.15, -0.1) is 11.3 Å². The summed E-state index contributed by atoms with van der Waals surface area (Å²) in [5.41, 5.74) is 7.42. The minimum absolute atomic E-state index is 0.113. The van der Waals surface area contributed by atoms with Crippen molar-refractivity contribution in [1.82, 2.24) is 19.9 Å². The van der Waals surface area contributed by atoms with E-state index in [-0.39, 0.29) is 11.9 Å². The molecule has 0 spiro atoms. The second kappa shape index (κ2) is 9.23. The summed E-state index contributed by atoms with van der Waals surface area (Å²) in [4.78, 5) is 27.4. The van der Waals surface area contributed by atoms with Crippen LogP contribution < -0.4 is 11.1 Å². The van der Waals surface area contributed by atoms with E-state index in [0.29, 0.717) is 48.3 Å². The number of nitrogens with zero attached hydrogens (tertiary/aromatic N) is 4. The molecule has 29 heavy (non-hydrogen) atoms. The molecule has 3 aromatic rings. The van der Waals surface area contributed by atoms with Crippen molar-refractivity contribution >= 4 is 33.4 Å². The van der Waals surface area contributed by atoms with Gasteiger partial charge in [-0.1, -0.05) is 13.8 Å². The maximum atomic E-state index is 13.4. The summed E-state index contributed by atoms with van der Waals surface area (Å²) in [6.45, 7) is 7.75. The molecule has 3 N–H and O–H groups in total. The third kappa shape index (κ3) is 4.51. The first-order valence-electron chi connectivity index (χ1n) is 9.66. The number of halogens is 1. The van der Waals surface area contributed by atoms with Gasteiger partial charge in [-0.3, -0.25) is 9.78 Å². The molecular formula is C20H25FN6OS. The van der Waals surface area contributed by atoms with Crippen LogP contribution >= 0.6 is 11.3 Å². The number of aromatic nitrogens is 3. The molecule has 0 aromatic carbocycles. The van der Waals surface area contributed by atoms with Crippen LogP contribution in [0.4, 0.5) is 10.3 Å². The quantitative estimate of drug-likeness (QED) is 0.661. The number of hydrogen-bond donors (Lipinski definition) is 2. The molecule has 9 heteroatoms. The van der Waals surface area contributed by atoms with Crippen molar-refractivity contribution in [2.75, 3.05) is 25.0 Å². The number of carbonyl (C=O) groups is 1. The molecule has 1 saturated heterocycles. The largest absolute Gasteiger partial charge is 0.348 e. The van der Waals surface area contributed by atoms with Crippen LogP contribution in [0.1, 0.15) is 42.9 Å². The highest BCUT2D eigenvalue weighted by Crippen LogP contribution is 2.28. The highest BCUT2D eigenvalue weighted by molar-refractivity contribution is 7.17. The molecule has 1 atom stereocenters. The lowest BCUT2D eigenvalue weighted by molar-refractivity contribution is 0.0512. The van der Waals surface area contributed by atoms with Gasteiger partial charge in [0, 0.05) is 25.2 Å². The predicted molar refractivity (Wildman–Crippen MR) is 113 cm³/mol. The van der Waals surface area contributed by atoms with Crippen LogP contribution in [0.15, 0.2) is 29.9 Å². The van der Waals surface area contributed by atoms with Gasteiger partial charge >= 0.3 is 0 Å². The van der Waals surface area contributed by atoms with Gasteiger partial charge in [0.2, 0.25) is 5.95 Å². The van der Waals surface area contributed by atoms with Crippen LogP contribution in [0.5, 0.6) is 0 Å². The minimum atomic E-state index is -0.404. The average molecular weight is 417 g/mol. The van der Waals surface area contributed by atoms with Crippen molar-refractivity contribution < 1.29 is 9.18 Å². The standard InChI is InChI=1S/C18H19FN6OS.C2H6/c1-10(12-4-13(19)7-21-6-12)22-18-23-14-2-3-27-16(14)15(24-18)17(26)25-8-11(5-20)9-25;1-2/h2-4,6-7,10-11H,5,8-9,20H2,1H3,(H,22,23,24);1-2H3. The number of amides is 1. The fourth-order valence-corrected chi connectivity index (χ4v) is 3.86. The minimum Gasteiger partial charge on any atom is -0.348 e. The summed E-state index contributed by atoms with van der Waals surface area (Å²) in [5.74, 6) is 0.167. The monoisotopic (exact) mass is 416 g/mol. The first-order chi connectivity index (χ1) is 14.0. The summed E-state index contributed by atoms with van der Waals surface area (Å²) in [7, 11) is 0. The van der Waals surface area contributed by atoms with E-state index in [0.717, 1.165) is 10.9 Å². The molecule has 0 saturated carbocycles. The third-order valence-corrected chi connectivity index (χ3v) is 5.57. The number of thiophene rings is 1. The van der Waals surface area contributed by atoms with Crippen LogP contribution in [0.3, 0.4) is 0 Å². The van der Waals surface area contributed by atoms with Gasteiger partial charge in [0.15, 0.2) is 5.69 Å². The Hall–Kier alpha value is -2.65. The van der Waals surface area contributed by atoms with Crippen LogP contribution in [0, 0.1) is 11.7 Å². The van der Waals surface area contributed by atoms with Gasteiger partial charge in [-0.2, -0.15) is 0 Å². The van der Waals surface area contributed by atoms with Crippen LogP contribution in [-0.2, 0) is 0 Å². The van der Waals surface area contributed by atoms with E-state index in [1.807, 2.05) is 32.2 Å². The summed E-state index contributed by atoms with van der Waals surface area (Å²) in [5, 5.41) is 5.03. The summed E-state index contributed by atoms with van der Waals surface area (Å²) in [6, 6.07) is 3.00. The van der Waals surface area contributed by atoms with E-state index in [1.165, 1.54) is 17.4 Å². The van der Waals surface area contributed by atoms with E-state index < -0.39 is 5.82 Å². The van der Waals surface area contributed by atoms with E-state index in [1.54, 1.807) is 11.1 Å². The Labute approximate surface area is 173 Å². The molecule has 4 rings (SSSR count). The highest BCUT2D eigenvalue weighted by Gasteiger charge is 2.32. The number of nitrogens with one attached hydrogen (secondary N) is 1. The maximum Gasteiger partial charge on any atom is 0.274 e. The SMILES string of the molecule is CC.CC(Nc1nc(C(=O)N2CC(CN)C2)c2sccc2n1)c1cncc(F)c1. The zero-order valence-electron chi connectivity index (χ0n) is 16.7. The molecule has 1 amide bonds.